The van der Waals surface area contributed by atoms with E-state index in [-0.39, 0.29) is 11.5 Å². The number of carbonyl (C=O) groups is 1. The van der Waals surface area contributed by atoms with E-state index in [2.05, 4.69) is 0 Å². The van der Waals surface area contributed by atoms with Crippen molar-refractivity contribution in [2.24, 2.45) is 0 Å². The van der Waals surface area contributed by atoms with Crippen molar-refractivity contribution >= 4 is 23.6 Å². The van der Waals surface area contributed by atoms with E-state index < -0.39 is 4.92 Å². The quantitative estimate of drug-likeness (QED) is 0.469. The number of rotatable bonds is 5. The molecule has 2 aromatic carbocycles. The van der Waals surface area contributed by atoms with Gasteiger partial charge in [0.1, 0.15) is 0 Å². The molecule has 0 bridgehead atoms. The van der Waals surface area contributed by atoms with Gasteiger partial charge in [-0.25, -0.2) is 0 Å². The first-order chi connectivity index (χ1) is 10.6. The number of benzene rings is 2. The minimum absolute atomic E-state index is 0.00569. The second-order valence-corrected chi connectivity index (χ2v) is 4.79. The van der Waals surface area contributed by atoms with Crippen LogP contribution in [0.4, 0.5) is 5.69 Å². The molecule has 0 saturated carbocycles. The van der Waals surface area contributed by atoms with Gasteiger partial charge in [-0.05, 0) is 35.8 Å². The van der Waals surface area contributed by atoms with Gasteiger partial charge in [0, 0.05) is 12.1 Å². The third-order valence-electron chi connectivity index (χ3n) is 3.08. The third kappa shape index (κ3) is 4.24. The van der Waals surface area contributed by atoms with Crippen LogP contribution in [0.5, 0.6) is 0 Å². The van der Waals surface area contributed by atoms with Crippen molar-refractivity contribution in [3.8, 4) is 0 Å². The van der Waals surface area contributed by atoms with E-state index >= 15 is 0 Å². The molecule has 0 amide bonds. The van der Waals surface area contributed by atoms with E-state index in [1.807, 2.05) is 30.3 Å². The number of carbonyl (C=O) groups excluding carboxylic acids is 1. The first-order valence-corrected chi connectivity index (χ1v) is 6.76. The lowest BCUT2D eigenvalue weighted by molar-refractivity contribution is -0.384. The van der Waals surface area contributed by atoms with E-state index in [0.717, 1.165) is 5.56 Å². The Hall–Kier alpha value is -3.01. The molecule has 0 unspecified atom stereocenters. The van der Waals surface area contributed by atoms with Gasteiger partial charge in [-0.3, -0.25) is 14.9 Å². The van der Waals surface area contributed by atoms with Crippen LogP contribution in [0.3, 0.4) is 0 Å². The van der Waals surface area contributed by atoms with Crippen molar-refractivity contribution in [2.45, 2.75) is 6.92 Å². The Kier molecular flexibility index (Phi) is 4.98. The fourth-order valence-corrected chi connectivity index (χ4v) is 1.92. The van der Waals surface area contributed by atoms with Crippen LogP contribution >= 0.6 is 0 Å². The van der Waals surface area contributed by atoms with Gasteiger partial charge < -0.3 is 0 Å². The maximum atomic E-state index is 12.1. The molecule has 0 saturated heterocycles. The Bertz CT molecular complexity index is 746. The lowest BCUT2D eigenvalue weighted by Gasteiger charge is -1.97. The maximum Gasteiger partial charge on any atom is 0.270 e. The van der Waals surface area contributed by atoms with Crippen molar-refractivity contribution in [3.05, 3.63) is 87.5 Å². The van der Waals surface area contributed by atoms with Crippen LogP contribution in [0.15, 0.2) is 66.2 Å². The summed E-state index contributed by atoms with van der Waals surface area (Å²) < 4.78 is 0. The number of ketones is 1. The standard InChI is InChI=1S/C18H15NO3/c1-14(12-15-6-3-2-4-7-15)18(20)11-10-16-8-5-9-17(13-16)19(21)22/h2-13H,1H3. The average molecular weight is 293 g/mol. The van der Waals surface area contributed by atoms with Gasteiger partial charge in [0.2, 0.25) is 0 Å². The smallest absolute Gasteiger partial charge is 0.270 e. The zero-order valence-electron chi connectivity index (χ0n) is 12.1. The highest BCUT2D eigenvalue weighted by molar-refractivity contribution is 6.08. The van der Waals surface area contributed by atoms with E-state index in [0.29, 0.717) is 11.1 Å². The van der Waals surface area contributed by atoms with Crippen molar-refractivity contribution < 1.29 is 9.72 Å². The summed E-state index contributed by atoms with van der Waals surface area (Å²) in [6.45, 7) is 1.74. The van der Waals surface area contributed by atoms with Crippen LogP contribution in [0.2, 0.25) is 0 Å². The summed E-state index contributed by atoms with van der Waals surface area (Å²) >= 11 is 0. The number of nitrogens with zero attached hydrogens (tertiary/aromatic N) is 1. The van der Waals surface area contributed by atoms with E-state index in [4.69, 9.17) is 0 Å². The van der Waals surface area contributed by atoms with Gasteiger partial charge >= 0.3 is 0 Å². The molecule has 0 aliphatic carbocycles. The van der Waals surface area contributed by atoms with Crippen molar-refractivity contribution in [3.63, 3.8) is 0 Å². The van der Waals surface area contributed by atoms with E-state index in [1.165, 1.54) is 18.2 Å². The molecule has 2 rings (SSSR count). The molecule has 2 aromatic rings. The molecule has 0 atom stereocenters. The predicted octanol–water partition coefficient (Wildman–Crippen LogP) is 4.28. The van der Waals surface area contributed by atoms with Crippen LogP contribution < -0.4 is 0 Å². The monoisotopic (exact) mass is 293 g/mol. The zero-order valence-corrected chi connectivity index (χ0v) is 12.1. The number of hydrogen-bond acceptors (Lipinski definition) is 3. The van der Waals surface area contributed by atoms with Gasteiger partial charge in [-0.1, -0.05) is 48.5 Å². The molecule has 0 aliphatic rings. The number of hydrogen-bond donors (Lipinski definition) is 0. The first-order valence-electron chi connectivity index (χ1n) is 6.76. The highest BCUT2D eigenvalue weighted by Crippen LogP contribution is 2.15. The second-order valence-electron chi connectivity index (χ2n) is 4.79. The molecule has 0 aliphatic heterocycles. The molecule has 0 fully saturated rings. The Morgan fingerprint density at radius 3 is 2.41 bits per heavy atom. The van der Waals surface area contributed by atoms with Crippen molar-refractivity contribution in [1.29, 1.82) is 0 Å². The maximum absolute atomic E-state index is 12.1. The summed E-state index contributed by atoms with van der Waals surface area (Å²) in [4.78, 5) is 22.3. The minimum Gasteiger partial charge on any atom is -0.290 e. The molecule has 0 spiro atoms. The Morgan fingerprint density at radius 2 is 1.73 bits per heavy atom. The molecule has 0 N–H and O–H groups in total. The summed E-state index contributed by atoms with van der Waals surface area (Å²) in [5.41, 5.74) is 2.19. The van der Waals surface area contributed by atoms with E-state index in [9.17, 15) is 14.9 Å². The molecule has 110 valence electrons. The highest BCUT2D eigenvalue weighted by atomic mass is 16.6. The summed E-state index contributed by atoms with van der Waals surface area (Å²) in [6, 6.07) is 15.7. The van der Waals surface area contributed by atoms with Crippen LogP contribution in [-0.4, -0.2) is 10.7 Å². The largest absolute Gasteiger partial charge is 0.290 e. The zero-order chi connectivity index (χ0) is 15.9. The van der Waals surface area contributed by atoms with Crippen LogP contribution in [0.1, 0.15) is 18.1 Å². The topological polar surface area (TPSA) is 60.2 Å². The number of non-ortho nitro benzene ring substituents is 1. The minimum atomic E-state index is -0.459. The normalized spacial score (nSPS) is 11.6. The van der Waals surface area contributed by atoms with Gasteiger partial charge in [0.05, 0.1) is 4.92 Å². The molecular weight excluding hydrogens is 278 g/mol. The highest BCUT2D eigenvalue weighted by Gasteiger charge is 2.04. The van der Waals surface area contributed by atoms with Crippen molar-refractivity contribution in [1.82, 2.24) is 0 Å². The molecule has 0 radical (unpaired) electrons. The number of nitro groups is 1. The summed E-state index contributed by atoms with van der Waals surface area (Å²) in [5, 5.41) is 10.7. The van der Waals surface area contributed by atoms with Gasteiger partial charge in [-0.15, -0.1) is 0 Å². The third-order valence-corrected chi connectivity index (χ3v) is 3.08. The predicted molar refractivity (Wildman–Crippen MR) is 87.2 cm³/mol. The molecular formula is C18H15NO3. The lowest BCUT2D eigenvalue weighted by Crippen LogP contribution is -1.94. The fraction of sp³-hybridized carbons (Fsp3) is 0.0556. The first kappa shape index (κ1) is 15.4. The number of allylic oxidation sites excluding steroid dienone is 2. The molecule has 0 heterocycles. The van der Waals surface area contributed by atoms with Gasteiger partial charge in [-0.2, -0.15) is 0 Å². The Balaban J connectivity index is 2.13. The molecule has 4 nitrogen and oxygen atoms in total. The van der Waals surface area contributed by atoms with Crippen molar-refractivity contribution in [2.75, 3.05) is 0 Å². The van der Waals surface area contributed by atoms with Gasteiger partial charge in [0.25, 0.3) is 5.69 Å². The van der Waals surface area contributed by atoms with Gasteiger partial charge in [0.15, 0.2) is 5.78 Å². The Morgan fingerprint density at radius 1 is 1.05 bits per heavy atom. The molecule has 4 heteroatoms. The molecule has 22 heavy (non-hydrogen) atoms. The second kappa shape index (κ2) is 7.13. The molecule has 0 aromatic heterocycles. The van der Waals surface area contributed by atoms with Crippen LogP contribution in [0.25, 0.3) is 12.2 Å². The lowest BCUT2D eigenvalue weighted by atomic mass is 10.1. The number of nitro benzene ring substituents is 1. The average Bonchev–Trinajstić information content (AvgIpc) is 2.53. The summed E-state index contributed by atoms with van der Waals surface area (Å²) in [6.07, 6.45) is 4.81. The summed E-state index contributed by atoms with van der Waals surface area (Å²) in [5.74, 6) is -0.129. The summed E-state index contributed by atoms with van der Waals surface area (Å²) in [7, 11) is 0. The van der Waals surface area contributed by atoms with Crippen LogP contribution in [0, 0.1) is 10.1 Å². The van der Waals surface area contributed by atoms with E-state index in [1.54, 1.807) is 31.2 Å². The SMILES string of the molecule is CC(=Cc1ccccc1)C(=O)C=Cc1cccc([N+](=O)[O-])c1. The Labute approximate surface area is 128 Å². The fourth-order valence-electron chi connectivity index (χ4n) is 1.92. The van der Waals surface area contributed by atoms with Crippen LogP contribution in [-0.2, 0) is 4.79 Å².